The highest BCUT2D eigenvalue weighted by Crippen LogP contribution is 2.42. The lowest BCUT2D eigenvalue weighted by atomic mass is 9.98. The molecule has 0 unspecified atom stereocenters. The Bertz CT molecular complexity index is 2300. The highest BCUT2D eigenvalue weighted by molar-refractivity contribution is 6.35. The molecule has 266 valence electrons. The largest absolute Gasteiger partial charge is 0.494 e. The van der Waals surface area contributed by atoms with Gasteiger partial charge in [-0.3, -0.25) is 9.48 Å². The number of anilines is 1. The molecule has 3 aromatic heterocycles. The molecule has 0 aliphatic heterocycles. The number of hydrogen-bond acceptors (Lipinski definition) is 5. The van der Waals surface area contributed by atoms with Crippen LogP contribution in [0.1, 0.15) is 57.0 Å². The van der Waals surface area contributed by atoms with Crippen molar-refractivity contribution in [2.24, 2.45) is 14.1 Å². The Hall–Kier alpha value is -4.80. The minimum Gasteiger partial charge on any atom is -0.494 e. The minimum absolute atomic E-state index is 0.0941. The van der Waals surface area contributed by atoms with Gasteiger partial charge in [-0.2, -0.15) is 5.10 Å². The van der Waals surface area contributed by atoms with Crippen LogP contribution < -0.4 is 9.64 Å². The van der Waals surface area contributed by atoms with Gasteiger partial charge in [0.25, 0.3) is 0 Å². The number of benzene rings is 3. The fraction of sp³-hybridized carbons (Fsp3) is 0.333. The lowest BCUT2D eigenvalue weighted by Crippen LogP contribution is -2.24. The second kappa shape index (κ2) is 14.4. The second-order valence-electron chi connectivity index (χ2n) is 13.2. The third-order valence-electron chi connectivity index (χ3n) is 9.85. The van der Waals surface area contributed by atoms with Crippen LogP contribution in [0.25, 0.3) is 33.1 Å². The Labute approximate surface area is 307 Å². The number of rotatable bonds is 13. The Kier molecular flexibility index (Phi) is 10.2. The summed E-state index contributed by atoms with van der Waals surface area (Å²) in [5, 5.41) is 17.0. The van der Waals surface area contributed by atoms with E-state index in [-0.39, 0.29) is 5.56 Å². The third-order valence-corrected chi connectivity index (χ3v) is 10.8. The number of halogens is 2. The number of hydrogen-bond donors (Lipinski definition) is 1. The Morgan fingerprint density at radius 2 is 1.71 bits per heavy atom. The highest BCUT2D eigenvalue weighted by atomic mass is 35.5. The van der Waals surface area contributed by atoms with Crippen LogP contribution in [0.2, 0.25) is 10.0 Å². The summed E-state index contributed by atoms with van der Waals surface area (Å²) in [6.07, 6.45) is 4.53. The normalized spacial score (nSPS) is 11.5. The molecule has 51 heavy (non-hydrogen) atoms. The van der Waals surface area contributed by atoms with Gasteiger partial charge in [-0.05, 0) is 101 Å². The van der Waals surface area contributed by atoms with Gasteiger partial charge < -0.3 is 23.9 Å². The van der Waals surface area contributed by atoms with Crippen molar-refractivity contribution in [2.75, 3.05) is 18.1 Å². The van der Waals surface area contributed by atoms with Crippen molar-refractivity contribution in [3.05, 3.63) is 92.1 Å². The second-order valence-corrected chi connectivity index (χ2v) is 14.0. The van der Waals surface area contributed by atoms with E-state index in [4.69, 9.17) is 33.0 Å². The lowest BCUT2D eigenvalue weighted by Gasteiger charge is -2.20. The number of carbonyl (C=O) groups is 2. The molecular weight excluding hydrogens is 687 g/mol. The van der Waals surface area contributed by atoms with E-state index >= 15 is 0 Å². The fourth-order valence-corrected chi connectivity index (χ4v) is 7.55. The van der Waals surface area contributed by atoms with Gasteiger partial charge in [0.15, 0.2) is 0 Å². The molecule has 0 aliphatic rings. The summed E-state index contributed by atoms with van der Waals surface area (Å²) < 4.78 is 12.1. The maximum Gasteiger partial charge on any atom is 0.335 e. The predicted octanol–water partition coefficient (Wildman–Crippen LogP) is 8.54. The van der Waals surface area contributed by atoms with E-state index in [1.165, 1.54) is 11.6 Å². The maximum absolute atomic E-state index is 12.5. The molecule has 6 rings (SSSR count). The van der Waals surface area contributed by atoms with E-state index in [2.05, 4.69) is 29.5 Å². The standard InChI is InChI=1S/C39H42Cl2N6O4/c1-22-16-28(17-23(2)36(22)41)51-15-8-10-29-25(4)47(38-30(29)11-12-31(40)35(38)34-24(3)43-45(7)26(34)5)14-9-13-46(21-48)33-19-27(39(49)50)18-32-37(33)42-20-44(32)6/h11-12,16-21H,8-10,13-15H2,1-7H3,(H,49,50). The number of aromatic nitrogens is 5. The Balaban J connectivity index is 1.34. The average Bonchev–Trinajstić information content (AvgIpc) is 3.69. The van der Waals surface area contributed by atoms with Crippen molar-refractivity contribution >= 4 is 63.2 Å². The zero-order valence-electron chi connectivity index (χ0n) is 30.0. The van der Waals surface area contributed by atoms with E-state index in [1.807, 2.05) is 50.7 Å². The number of aryl methyl sites for hydroxylation is 7. The number of amides is 1. The van der Waals surface area contributed by atoms with Crippen LogP contribution in [0.15, 0.2) is 42.7 Å². The molecule has 0 atom stereocenters. The number of fused-ring (bicyclic) bond motifs is 2. The van der Waals surface area contributed by atoms with Crippen LogP contribution in [0, 0.1) is 34.6 Å². The van der Waals surface area contributed by atoms with Gasteiger partial charge in [-0.15, -0.1) is 0 Å². The molecule has 10 nitrogen and oxygen atoms in total. The molecule has 0 aliphatic carbocycles. The summed E-state index contributed by atoms with van der Waals surface area (Å²) in [6, 6.07) is 11.1. The first-order chi connectivity index (χ1) is 24.3. The molecule has 0 saturated heterocycles. The number of carboxylic acid groups (broad SMARTS) is 1. The van der Waals surface area contributed by atoms with Crippen LogP contribution in [-0.4, -0.2) is 54.5 Å². The molecule has 0 spiro atoms. The van der Waals surface area contributed by atoms with E-state index in [0.29, 0.717) is 47.9 Å². The van der Waals surface area contributed by atoms with Crippen molar-refractivity contribution < 1.29 is 19.4 Å². The molecule has 0 fully saturated rings. The van der Waals surface area contributed by atoms with Gasteiger partial charge in [0, 0.05) is 60.1 Å². The van der Waals surface area contributed by atoms with Crippen LogP contribution in [0.5, 0.6) is 5.75 Å². The van der Waals surface area contributed by atoms with Crippen molar-refractivity contribution in [2.45, 2.75) is 60.4 Å². The summed E-state index contributed by atoms with van der Waals surface area (Å²) in [5.41, 5.74) is 11.0. The molecule has 12 heteroatoms. The molecule has 0 bridgehead atoms. The zero-order valence-corrected chi connectivity index (χ0v) is 31.5. The zero-order chi connectivity index (χ0) is 36.7. The van der Waals surface area contributed by atoms with Gasteiger partial charge in [0.05, 0.1) is 45.9 Å². The number of carbonyl (C=O) groups excluding carboxylic acids is 1. The Morgan fingerprint density at radius 1 is 0.980 bits per heavy atom. The predicted molar refractivity (Wildman–Crippen MR) is 204 cm³/mol. The molecular formula is C39H42Cl2N6O4. The van der Waals surface area contributed by atoms with Crippen molar-refractivity contribution in [3.63, 3.8) is 0 Å². The fourth-order valence-electron chi connectivity index (χ4n) is 7.20. The van der Waals surface area contributed by atoms with Gasteiger partial charge >= 0.3 is 5.97 Å². The van der Waals surface area contributed by atoms with Crippen molar-refractivity contribution in [3.8, 4) is 16.9 Å². The summed E-state index contributed by atoms with van der Waals surface area (Å²) in [5.74, 6) is -0.261. The summed E-state index contributed by atoms with van der Waals surface area (Å²) in [4.78, 5) is 30.5. The first-order valence-electron chi connectivity index (χ1n) is 16.9. The molecule has 3 aromatic carbocycles. The average molecular weight is 730 g/mol. The molecule has 0 radical (unpaired) electrons. The number of aromatic carboxylic acids is 1. The van der Waals surface area contributed by atoms with E-state index in [1.54, 1.807) is 28.9 Å². The molecule has 1 amide bonds. The molecule has 3 heterocycles. The summed E-state index contributed by atoms with van der Waals surface area (Å²) in [7, 11) is 3.73. The van der Waals surface area contributed by atoms with Gasteiger partial charge in [0.2, 0.25) is 6.41 Å². The van der Waals surface area contributed by atoms with E-state index < -0.39 is 5.97 Å². The van der Waals surface area contributed by atoms with E-state index in [9.17, 15) is 14.7 Å². The van der Waals surface area contributed by atoms with Crippen LogP contribution in [0.4, 0.5) is 5.69 Å². The SMILES string of the molecule is Cc1cc(OCCCc2c(C)n(CCCN(C=O)c3cc(C(=O)O)cc4c3ncn4C)c3c(-c4c(C)nn(C)c4C)c(Cl)ccc23)cc(C)c1Cl. The smallest absolute Gasteiger partial charge is 0.335 e. The number of nitrogens with zero attached hydrogens (tertiary/aromatic N) is 6. The third kappa shape index (κ3) is 6.70. The highest BCUT2D eigenvalue weighted by Gasteiger charge is 2.24. The van der Waals surface area contributed by atoms with E-state index in [0.717, 1.165) is 80.3 Å². The van der Waals surface area contributed by atoms with Crippen LogP contribution >= 0.6 is 23.2 Å². The van der Waals surface area contributed by atoms with Gasteiger partial charge in [0.1, 0.15) is 11.3 Å². The summed E-state index contributed by atoms with van der Waals surface area (Å²) >= 11 is 13.4. The molecule has 1 N–H and O–H groups in total. The Morgan fingerprint density at radius 3 is 2.35 bits per heavy atom. The number of ether oxygens (including phenoxy) is 1. The summed E-state index contributed by atoms with van der Waals surface area (Å²) in [6.45, 7) is 11.6. The minimum atomic E-state index is -1.07. The van der Waals surface area contributed by atoms with Crippen molar-refractivity contribution in [1.82, 2.24) is 23.9 Å². The number of carboxylic acids is 1. The molecule has 0 saturated carbocycles. The quantitative estimate of drug-likeness (QED) is 0.0944. The topological polar surface area (TPSA) is 107 Å². The maximum atomic E-state index is 12.5. The van der Waals surface area contributed by atoms with Crippen LogP contribution in [-0.2, 0) is 31.9 Å². The lowest BCUT2D eigenvalue weighted by molar-refractivity contribution is -0.107. The number of imidazole rings is 1. The van der Waals surface area contributed by atoms with Gasteiger partial charge in [-0.25, -0.2) is 9.78 Å². The monoisotopic (exact) mass is 728 g/mol. The van der Waals surface area contributed by atoms with Crippen LogP contribution in [0.3, 0.4) is 0 Å². The van der Waals surface area contributed by atoms with Crippen molar-refractivity contribution in [1.29, 1.82) is 0 Å². The molecule has 6 aromatic rings. The van der Waals surface area contributed by atoms with Gasteiger partial charge in [-0.1, -0.05) is 29.3 Å². The first-order valence-corrected chi connectivity index (χ1v) is 17.7. The first kappa shape index (κ1) is 36.0.